The molecule has 150 valence electrons. The lowest BCUT2D eigenvalue weighted by Crippen LogP contribution is -2.50. The first-order chi connectivity index (χ1) is 12.8. The number of methoxy groups -OCH3 is 4. The molecule has 0 bridgehead atoms. The molecule has 9 heteroatoms. The van der Waals surface area contributed by atoms with Gasteiger partial charge in [0.05, 0.1) is 35.0 Å². The third-order valence-electron chi connectivity index (χ3n) is 3.88. The zero-order chi connectivity index (χ0) is 20.6. The summed E-state index contributed by atoms with van der Waals surface area (Å²) >= 11 is 0. The van der Waals surface area contributed by atoms with E-state index in [0.29, 0.717) is 22.0 Å². The van der Waals surface area contributed by atoms with Crippen LogP contribution in [0.4, 0.5) is 9.59 Å². The van der Waals surface area contributed by atoms with Crippen LogP contribution in [0.1, 0.15) is 18.1 Å². The molecule has 27 heavy (non-hydrogen) atoms. The van der Waals surface area contributed by atoms with Crippen molar-refractivity contribution in [3.63, 3.8) is 0 Å². The predicted octanol–water partition coefficient (Wildman–Crippen LogP) is 2.32. The lowest BCUT2D eigenvalue weighted by Gasteiger charge is -2.26. The van der Waals surface area contributed by atoms with Crippen molar-refractivity contribution in [1.82, 2.24) is 4.90 Å². The molecule has 0 saturated carbocycles. The van der Waals surface area contributed by atoms with Crippen molar-refractivity contribution < 1.29 is 38.1 Å². The second-order valence-electron chi connectivity index (χ2n) is 5.42. The molecule has 0 heterocycles. The van der Waals surface area contributed by atoms with Crippen molar-refractivity contribution in [3.8, 4) is 11.5 Å². The second-order valence-corrected chi connectivity index (χ2v) is 5.42. The molecule has 0 aliphatic rings. The van der Waals surface area contributed by atoms with Gasteiger partial charge in [-0.2, -0.15) is 4.90 Å². The van der Waals surface area contributed by atoms with Crippen LogP contribution in [0.25, 0.3) is 0 Å². The molecule has 0 spiro atoms. The average Bonchev–Trinajstić information content (AvgIpc) is 2.67. The number of hydrogen-bond acceptors (Lipinski definition) is 8. The zero-order valence-corrected chi connectivity index (χ0v) is 16.4. The van der Waals surface area contributed by atoms with Gasteiger partial charge in [0.25, 0.3) is 0 Å². The minimum absolute atomic E-state index is 0.0211. The van der Waals surface area contributed by atoms with E-state index in [4.69, 9.17) is 18.9 Å². The zero-order valence-electron chi connectivity index (χ0n) is 16.4. The van der Waals surface area contributed by atoms with Crippen LogP contribution >= 0.6 is 0 Å². The molecule has 0 aliphatic heterocycles. The van der Waals surface area contributed by atoms with Gasteiger partial charge in [0.1, 0.15) is 6.04 Å². The van der Waals surface area contributed by atoms with E-state index in [1.165, 1.54) is 14.2 Å². The molecule has 2 amide bonds. The first-order valence-electron chi connectivity index (χ1n) is 8.17. The fraction of sp³-hybridized carbons (Fsp3) is 0.500. The van der Waals surface area contributed by atoms with E-state index < -0.39 is 24.2 Å². The smallest absolute Gasteiger partial charge is 0.420 e. The summed E-state index contributed by atoms with van der Waals surface area (Å²) in [5.41, 5.74) is 1.43. The third-order valence-corrected chi connectivity index (χ3v) is 3.88. The summed E-state index contributed by atoms with van der Waals surface area (Å²) in [4.78, 5) is 37.3. The number of esters is 1. The maximum absolute atomic E-state index is 12.3. The van der Waals surface area contributed by atoms with Gasteiger partial charge in [-0.25, -0.2) is 14.4 Å². The topological polar surface area (TPSA) is 101 Å². The minimum Gasteiger partial charge on any atom is -0.493 e. The third kappa shape index (κ3) is 5.25. The molecular weight excluding hydrogens is 358 g/mol. The Labute approximate surface area is 158 Å². The molecule has 1 rings (SSSR count). The summed E-state index contributed by atoms with van der Waals surface area (Å²) in [7, 11) is 5.25. The fourth-order valence-electron chi connectivity index (χ4n) is 2.49. The van der Waals surface area contributed by atoms with Crippen LogP contribution in [0.15, 0.2) is 12.1 Å². The van der Waals surface area contributed by atoms with Crippen LogP contribution in [-0.2, 0) is 25.4 Å². The van der Waals surface area contributed by atoms with Gasteiger partial charge in [-0.15, -0.1) is 0 Å². The molecule has 0 fully saturated rings. The minimum atomic E-state index is -1.28. The highest BCUT2D eigenvalue weighted by Crippen LogP contribution is 2.31. The number of amides is 2. The molecule has 0 aromatic heterocycles. The van der Waals surface area contributed by atoms with Crippen molar-refractivity contribution in [2.45, 2.75) is 26.3 Å². The molecule has 0 aliphatic carbocycles. The van der Waals surface area contributed by atoms with E-state index in [1.54, 1.807) is 26.0 Å². The van der Waals surface area contributed by atoms with Crippen LogP contribution in [0.5, 0.6) is 11.5 Å². The Balaban J connectivity index is 3.37. The Hall–Kier alpha value is -2.97. The van der Waals surface area contributed by atoms with Crippen molar-refractivity contribution in [2.24, 2.45) is 0 Å². The monoisotopic (exact) mass is 383 g/mol. The SMILES string of the molecule is CCOC(=O)N(C(=O)OC)C(Cc1cc(OC)c(OC)cc1C)C(=O)OC. The van der Waals surface area contributed by atoms with Crippen LogP contribution in [0, 0.1) is 6.92 Å². The number of carbonyl (C=O) groups excluding carboxylic acids is 3. The predicted molar refractivity (Wildman–Crippen MR) is 95.1 cm³/mol. The molecule has 0 radical (unpaired) electrons. The van der Waals surface area contributed by atoms with E-state index in [2.05, 4.69) is 4.74 Å². The first-order valence-corrected chi connectivity index (χ1v) is 8.17. The van der Waals surface area contributed by atoms with Gasteiger partial charge >= 0.3 is 18.2 Å². The van der Waals surface area contributed by atoms with Crippen molar-refractivity contribution in [1.29, 1.82) is 0 Å². The maximum Gasteiger partial charge on any atom is 0.420 e. The molecule has 1 aromatic carbocycles. The summed E-state index contributed by atoms with van der Waals surface area (Å²) in [6.07, 6.45) is -2.05. The van der Waals surface area contributed by atoms with Gasteiger partial charge in [-0.3, -0.25) is 0 Å². The van der Waals surface area contributed by atoms with Gasteiger partial charge < -0.3 is 23.7 Å². The number of hydrogen-bond donors (Lipinski definition) is 0. The largest absolute Gasteiger partial charge is 0.493 e. The quantitative estimate of drug-likeness (QED) is 0.522. The Kier molecular flexibility index (Phi) is 8.37. The van der Waals surface area contributed by atoms with Gasteiger partial charge in [-0.05, 0) is 37.1 Å². The van der Waals surface area contributed by atoms with Crippen molar-refractivity contribution >= 4 is 18.2 Å². The summed E-state index contributed by atoms with van der Waals surface area (Å²) in [5.74, 6) is 0.175. The molecule has 1 aromatic rings. The lowest BCUT2D eigenvalue weighted by molar-refractivity contribution is -0.145. The summed E-state index contributed by atoms with van der Waals surface area (Å²) in [6.45, 7) is 3.41. The molecule has 0 saturated heterocycles. The summed E-state index contributed by atoms with van der Waals surface area (Å²) in [5, 5.41) is 0. The molecular formula is C18H25NO8. The van der Waals surface area contributed by atoms with Gasteiger partial charge in [0, 0.05) is 6.42 Å². The number of carbonyl (C=O) groups is 3. The van der Waals surface area contributed by atoms with E-state index in [0.717, 1.165) is 19.8 Å². The summed E-state index contributed by atoms with van der Waals surface area (Å²) < 4.78 is 24.8. The Morgan fingerprint density at radius 1 is 0.963 bits per heavy atom. The number of rotatable bonds is 7. The highest BCUT2D eigenvalue weighted by Gasteiger charge is 2.38. The molecule has 0 N–H and O–H groups in total. The highest BCUT2D eigenvalue weighted by atomic mass is 16.6. The second kappa shape index (κ2) is 10.2. The number of nitrogens with zero attached hydrogens (tertiary/aromatic N) is 1. The standard InChI is InChI=1S/C18H25NO8/c1-7-27-18(22)19(17(21)26-6)13(16(20)25-5)9-12-10-15(24-4)14(23-3)8-11(12)2/h8,10,13H,7,9H2,1-6H3. The molecule has 1 atom stereocenters. The first kappa shape index (κ1) is 22.1. The number of ether oxygens (including phenoxy) is 5. The highest BCUT2D eigenvalue weighted by molar-refractivity contribution is 5.94. The Bertz CT molecular complexity index is 688. The van der Waals surface area contributed by atoms with E-state index in [1.807, 2.05) is 0 Å². The fourth-order valence-corrected chi connectivity index (χ4v) is 2.49. The van der Waals surface area contributed by atoms with Crippen LogP contribution < -0.4 is 9.47 Å². The van der Waals surface area contributed by atoms with Crippen LogP contribution in [0.3, 0.4) is 0 Å². The van der Waals surface area contributed by atoms with Crippen molar-refractivity contribution in [2.75, 3.05) is 35.0 Å². The lowest BCUT2D eigenvalue weighted by atomic mass is 9.99. The normalized spacial score (nSPS) is 11.2. The maximum atomic E-state index is 12.3. The number of imide groups is 1. The number of aryl methyl sites for hydroxylation is 1. The Morgan fingerprint density at radius 3 is 2.04 bits per heavy atom. The van der Waals surface area contributed by atoms with E-state index in [9.17, 15) is 14.4 Å². The van der Waals surface area contributed by atoms with Gasteiger partial charge in [-0.1, -0.05) is 0 Å². The molecule has 9 nitrogen and oxygen atoms in total. The van der Waals surface area contributed by atoms with Gasteiger partial charge in [0.2, 0.25) is 0 Å². The summed E-state index contributed by atoms with van der Waals surface area (Å²) in [6, 6.07) is 2.12. The molecule has 1 unspecified atom stereocenters. The number of benzene rings is 1. The van der Waals surface area contributed by atoms with Gasteiger partial charge in [0.15, 0.2) is 11.5 Å². The van der Waals surface area contributed by atoms with Crippen molar-refractivity contribution in [3.05, 3.63) is 23.3 Å². The Morgan fingerprint density at radius 2 is 1.56 bits per heavy atom. The average molecular weight is 383 g/mol. The van der Waals surface area contributed by atoms with E-state index in [-0.39, 0.29) is 13.0 Å². The van der Waals surface area contributed by atoms with E-state index >= 15 is 0 Å². The van der Waals surface area contributed by atoms with Crippen LogP contribution in [-0.4, -0.2) is 64.1 Å². The van der Waals surface area contributed by atoms with Crippen LogP contribution in [0.2, 0.25) is 0 Å².